The van der Waals surface area contributed by atoms with Crippen molar-refractivity contribution in [3.8, 4) is 0 Å². The van der Waals surface area contributed by atoms with E-state index >= 15 is 0 Å². The van der Waals surface area contributed by atoms with E-state index in [1.54, 1.807) is 0 Å². The van der Waals surface area contributed by atoms with Crippen LogP contribution in [0.25, 0.3) is 10.9 Å². The van der Waals surface area contributed by atoms with E-state index in [1.807, 2.05) is 45.0 Å². The van der Waals surface area contributed by atoms with Crippen molar-refractivity contribution in [3.05, 3.63) is 40.2 Å². The third-order valence-corrected chi connectivity index (χ3v) is 3.39. The van der Waals surface area contributed by atoms with Crippen molar-refractivity contribution in [2.24, 2.45) is 5.92 Å². The second kappa shape index (κ2) is 5.99. The lowest BCUT2D eigenvalue weighted by Gasteiger charge is -2.17. The summed E-state index contributed by atoms with van der Waals surface area (Å²) in [7, 11) is 0. The smallest absolute Gasteiger partial charge is 0.343 e. The number of carboxylic acid groups (broad SMARTS) is 1. The van der Waals surface area contributed by atoms with E-state index < -0.39 is 11.5 Å². The van der Waals surface area contributed by atoms with Crippen LogP contribution >= 0.6 is 0 Å². The van der Waals surface area contributed by atoms with E-state index in [-0.39, 0.29) is 5.56 Å². The van der Waals surface area contributed by atoms with Gasteiger partial charge in [-0.25, -0.2) is 4.79 Å². The number of carbonyl (C=O) groups is 1. The summed E-state index contributed by atoms with van der Waals surface area (Å²) in [6.07, 6.45) is 0. The number of benzene rings is 1. The second-order valence-corrected chi connectivity index (χ2v) is 5.40. The van der Waals surface area contributed by atoms with Crippen molar-refractivity contribution in [1.29, 1.82) is 0 Å². The fraction of sp³-hybridized carbons (Fsp3) is 0.375. The monoisotopic (exact) mass is 288 g/mol. The number of aryl methyl sites for hydroxylation is 1. The number of rotatable bonds is 5. The zero-order chi connectivity index (χ0) is 15.6. The molecule has 1 aromatic heterocycles. The summed E-state index contributed by atoms with van der Waals surface area (Å²) in [6, 6.07) is 7.38. The quantitative estimate of drug-likeness (QED) is 0.887. The van der Waals surface area contributed by atoms with Gasteiger partial charge in [-0.15, -0.1) is 0 Å². The van der Waals surface area contributed by atoms with Gasteiger partial charge in [0.25, 0.3) is 5.56 Å². The number of fused-ring (bicyclic) bond motifs is 1. The second-order valence-electron chi connectivity index (χ2n) is 5.40. The molecule has 0 spiro atoms. The van der Waals surface area contributed by atoms with E-state index in [1.165, 1.54) is 4.57 Å². The van der Waals surface area contributed by atoms with E-state index in [2.05, 4.69) is 5.32 Å². The maximum absolute atomic E-state index is 12.5. The minimum Gasteiger partial charge on any atom is -0.477 e. The normalized spacial score (nSPS) is 11.0. The fourth-order valence-electron chi connectivity index (χ4n) is 2.41. The molecule has 0 radical (unpaired) electrons. The first-order valence-electron chi connectivity index (χ1n) is 7.10. The van der Waals surface area contributed by atoms with Crippen LogP contribution in [0.2, 0.25) is 0 Å². The summed E-state index contributed by atoms with van der Waals surface area (Å²) >= 11 is 0. The molecule has 2 aromatic rings. The number of aromatic carboxylic acids is 1. The predicted octanol–water partition coefficient (Wildman–Crippen LogP) is 2.79. The van der Waals surface area contributed by atoms with Crippen molar-refractivity contribution in [1.82, 2.24) is 4.57 Å². The zero-order valence-corrected chi connectivity index (χ0v) is 12.5. The molecule has 0 amide bonds. The molecule has 0 bridgehead atoms. The Bertz CT molecular complexity index is 732. The van der Waals surface area contributed by atoms with Crippen molar-refractivity contribution in [3.63, 3.8) is 0 Å². The Morgan fingerprint density at radius 3 is 2.57 bits per heavy atom. The van der Waals surface area contributed by atoms with Gasteiger partial charge in [-0.05, 0) is 18.9 Å². The molecule has 1 heterocycles. The van der Waals surface area contributed by atoms with Gasteiger partial charge < -0.3 is 15.0 Å². The number of para-hydroxylation sites is 1. The van der Waals surface area contributed by atoms with Crippen molar-refractivity contribution in [2.45, 2.75) is 27.3 Å². The van der Waals surface area contributed by atoms with Gasteiger partial charge in [0.15, 0.2) is 0 Å². The van der Waals surface area contributed by atoms with Crippen LogP contribution in [0.3, 0.4) is 0 Å². The molecule has 0 aliphatic carbocycles. The molecule has 0 saturated heterocycles. The Balaban J connectivity index is 2.82. The molecule has 0 fully saturated rings. The van der Waals surface area contributed by atoms with Gasteiger partial charge in [0, 0.05) is 18.5 Å². The molecular weight excluding hydrogens is 268 g/mol. The summed E-state index contributed by atoms with van der Waals surface area (Å²) < 4.78 is 1.50. The highest BCUT2D eigenvalue weighted by molar-refractivity contribution is 6.04. The molecule has 0 aliphatic heterocycles. The molecule has 1 aromatic carbocycles. The molecule has 2 N–H and O–H groups in total. The molecule has 0 saturated carbocycles. The van der Waals surface area contributed by atoms with Gasteiger partial charge >= 0.3 is 5.97 Å². The van der Waals surface area contributed by atoms with E-state index in [0.29, 0.717) is 24.7 Å². The van der Waals surface area contributed by atoms with Crippen LogP contribution in [-0.4, -0.2) is 22.2 Å². The summed E-state index contributed by atoms with van der Waals surface area (Å²) in [5, 5.41) is 13.3. The third-order valence-electron chi connectivity index (χ3n) is 3.39. The first-order valence-corrected chi connectivity index (χ1v) is 7.10. The topological polar surface area (TPSA) is 71.3 Å². The van der Waals surface area contributed by atoms with Gasteiger partial charge in [-0.3, -0.25) is 4.79 Å². The lowest BCUT2D eigenvalue weighted by atomic mass is 10.1. The summed E-state index contributed by atoms with van der Waals surface area (Å²) in [5.74, 6) is -0.849. The summed E-state index contributed by atoms with van der Waals surface area (Å²) in [5.41, 5.74) is 0.522. The minimum atomic E-state index is -1.20. The highest BCUT2D eigenvalue weighted by Gasteiger charge is 2.21. The Labute approximate surface area is 123 Å². The number of anilines is 1. The Kier molecular flexibility index (Phi) is 4.31. The molecule has 0 aliphatic rings. The van der Waals surface area contributed by atoms with Gasteiger partial charge in [-0.1, -0.05) is 32.0 Å². The molecule has 2 rings (SSSR count). The van der Waals surface area contributed by atoms with E-state index in [0.717, 1.165) is 10.9 Å². The molecule has 0 unspecified atom stereocenters. The van der Waals surface area contributed by atoms with Crippen molar-refractivity contribution in [2.75, 3.05) is 11.9 Å². The van der Waals surface area contributed by atoms with E-state index in [4.69, 9.17) is 0 Å². The number of nitrogens with one attached hydrogen (secondary N) is 1. The average molecular weight is 288 g/mol. The highest BCUT2D eigenvalue weighted by atomic mass is 16.4. The Morgan fingerprint density at radius 2 is 2.00 bits per heavy atom. The SMILES string of the molecule is CCn1c(=O)c(C(=O)O)c(NCC(C)C)c2ccccc21. The third kappa shape index (κ3) is 2.77. The van der Waals surface area contributed by atoms with Crippen LogP contribution in [0.4, 0.5) is 5.69 Å². The van der Waals surface area contributed by atoms with Gasteiger partial charge in [0.2, 0.25) is 0 Å². The molecular formula is C16H20N2O3. The molecule has 5 nitrogen and oxygen atoms in total. The number of carboxylic acids is 1. The maximum Gasteiger partial charge on any atom is 0.343 e. The van der Waals surface area contributed by atoms with E-state index in [9.17, 15) is 14.7 Å². The first-order chi connectivity index (χ1) is 9.97. The van der Waals surface area contributed by atoms with Crippen LogP contribution in [0.5, 0.6) is 0 Å². The number of hydrogen-bond donors (Lipinski definition) is 2. The average Bonchev–Trinajstić information content (AvgIpc) is 2.44. The van der Waals surface area contributed by atoms with Crippen LogP contribution in [0.15, 0.2) is 29.1 Å². The maximum atomic E-state index is 12.5. The standard InChI is InChI=1S/C16H20N2O3/c1-4-18-12-8-6-5-7-11(12)14(17-9-10(2)3)13(15(18)19)16(20)21/h5-8,10,17H,4,9H2,1-3H3,(H,20,21). The highest BCUT2D eigenvalue weighted by Crippen LogP contribution is 2.25. The number of aromatic nitrogens is 1. The number of nitrogens with zero attached hydrogens (tertiary/aromatic N) is 1. The lowest BCUT2D eigenvalue weighted by Crippen LogP contribution is -2.28. The summed E-state index contributed by atoms with van der Waals surface area (Å²) in [6.45, 7) is 6.94. The van der Waals surface area contributed by atoms with Crippen LogP contribution in [-0.2, 0) is 6.54 Å². The molecule has 5 heteroatoms. The van der Waals surface area contributed by atoms with Gasteiger partial charge in [0.1, 0.15) is 5.56 Å². The lowest BCUT2D eigenvalue weighted by molar-refractivity contribution is 0.0695. The predicted molar refractivity (Wildman–Crippen MR) is 84.2 cm³/mol. The van der Waals surface area contributed by atoms with Gasteiger partial charge in [0.05, 0.1) is 11.2 Å². The Morgan fingerprint density at radius 1 is 1.33 bits per heavy atom. The van der Waals surface area contributed by atoms with Crippen molar-refractivity contribution >= 4 is 22.6 Å². The zero-order valence-electron chi connectivity index (χ0n) is 12.5. The fourth-order valence-corrected chi connectivity index (χ4v) is 2.41. The van der Waals surface area contributed by atoms with Crippen LogP contribution in [0, 0.1) is 5.92 Å². The number of hydrogen-bond acceptors (Lipinski definition) is 3. The molecule has 0 atom stereocenters. The van der Waals surface area contributed by atoms with Crippen LogP contribution in [0.1, 0.15) is 31.1 Å². The molecule has 112 valence electrons. The van der Waals surface area contributed by atoms with Gasteiger partial charge in [-0.2, -0.15) is 0 Å². The largest absolute Gasteiger partial charge is 0.477 e. The van der Waals surface area contributed by atoms with Crippen molar-refractivity contribution < 1.29 is 9.90 Å². The van der Waals surface area contributed by atoms with Crippen LogP contribution < -0.4 is 10.9 Å². The first kappa shape index (κ1) is 15.1. The number of pyridine rings is 1. The minimum absolute atomic E-state index is 0.184. The molecule has 21 heavy (non-hydrogen) atoms. The Hall–Kier alpha value is -2.30. The summed E-state index contributed by atoms with van der Waals surface area (Å²) in [4.78, 5) is 24.0.